The molecule has 0 aromatic rings. The summed E-state index contributed by atoms with van der Waals surface area (Å²) in [6.45, 7) is 9.85. The lowest BCUT2D eigenvalue weighted by Crippen LogP contribution is -2.27. The molecule has 0 amide bonds. The first-order valence-corrected chi connectivity index (χ1v) is 5.43. The van der Waals surface area contributed by atoms with Gasteiger partial charge >= 0.3 is 0 Å². The molecule has 0 aliphatic carbocycles. The van der Waals surface area contributed by atoms with Gasteiger partial charge in [0, 0.05) is 13.0 Å². The monoisotopic (exact) mass is 210 g/mol. The van der Waals surface area contributed by atoms with E-state index in [4.69, 9.17) is 4.74 Å². The third kappa shape index (κ3) is 5.59. The molecule has 0 radical (unpaired) electrons. The summed E-state index contributed by atoms with van der Waals surface area (Å²) in [4.78, 5) is 11.4. The third-order valence-corrected chi connectivity index (χ3v) is 2.22. The molecular formula is C13H22O2. The number of hydrogen-bond acceptors (Lipinski definition) is 2. The van der Waals surface area contributed by atoms with Crippen molar-refractivity contribution in [2.75, 3.05) is 7.11 Å². The average molecular weight is 210 g/mol. The molecule has 1 unspecified atom stereocenters. The first-order chi connectivity index (χ1) is 6.80. The van der Waals surface area contributed by atoms with Crippen LogP contribution in [-0.2, 0) is 9.53 Å². The first-order valence-electron chi connectivity index (χ1n) is 5.43. The normalized spacial score (nSPS) is 14.7. The molecule has 1 atom stereocenters. The maximum absolute atomic E-state index is 11.4. The van der Waals surface area contributed by atoms with Gasteiger partial charge < -0.3 is 4.74 Å². The van der Waals surface area contributed by atoms with E-state index < -0.39 is 5.60 Å². The smallest absolute Gasteiger partial charge is 0.208 e. The van der Waals surface area contributed by atoms with E-state index >= 15 is 0 Å². The van der Waals surface area contributed by atoms with Gasteiger partial charge in [-0.3, -0.25) is 4.79 Å². The lowest BCUT2D eigenvalue weighted by molar-refractivity contribution is -0.116. The van der Waals surface area contributed by atoms with E-state index in [1.54, 1.807) is 7.11 Å². The zero-order valence-corrected chi connectivity index (χ0v) is 10.7. The molecule has 0 aliphatic heterocycles. The minimum atomic E-state index is -0.501. The van der Waals surface area contributed by atoms with E-state index in [-0.39, 0.29) is 11.7 Å². The Hall–Kier alpha value is -0.810. The lowest BCUT2D eigenvalue weighted by Gasteiger charge is -2.23. The highest BCUT2D eigenvalue weighted by Gasteiger charge is 2.22. The molecule has 0 saturated heterocycles. The molecule has 0 aromatic carbocycles. The fourth-order valence-corrected chi connectivity index (χ4v) is 1.30. The second kappa shape index (κ2) is 5.92. The van der Waals surface area contributed by atoms with Crippen LogP contribution in [0.25, 0.3) is 0 Å². The van der Waals surface area contributed by atoms with Gasteiger partial charge in [0.15, 0.2) is 0 Å². The molecule has 0 rings (SSSR count). The van der Waals surface area contributed by atoms with Gasteiger partial charge in [-0.2, -0.15) is 0 Å². The van der Waals surface area contributed by atoms with Gasteiger partial charge in [-0.1, -0.05) is 33.6 Å². The van der Waals surface area contributed by atoms with Gasteiger partial charge in [-0.05, 0) is 25.2 Å². The number of Topliss-reactive ketones (excluding diaryl/α,β-unsaturated/α-hetero) is 1. The van der Waals surface area contributed by atoms with E-state index in [1.807, 2.05) is 20.8 Å². The summed E-state index contributed by atoms with van der Waals surface area (Å²) in [5.74, 6) is 6.04. The highest BCUT2D eigenvalue weighted by atomic mass is 16.5. The second-order valence-corrected chi connectivity index (χ2v) is 4.80. The van der Waals surface area contributed by atoms with Crippen molar-refractivity contribution in [2.45, 2.75) is 46.6 Å². The zero-order valence-electron chi connectivity index (χ0n) is 10.7. The van der Waals surface area contributed by atoms with Crippen molar-refractivity contribution in [3.8, 4) is 11.8 Å². The number of hydrogen-bond donors (Lipinski definition) is 0. The van der Waals surface area contributed by atoms with Crippen LogP contribution in [-0.4, -0.2) is 18.5 Å². The molecule has 2 nitrogen and oxygen atoms in total. The van der Waals surface area contributed by atoms with Crippen molar-refractivity contribution in [3.63, 3.8) is 0 Å². The summed E-state index contributed by atoms with van der Waals surface area (Å²) in [5.41, 5.74) is -0.501. The first kappa shape index (κ1) is 14.2. The summed E-state index contributed by atoms with van der Waals surface area (Å²) < 4.78 is 5.35. The summed E-state index contributed by atoms with van der Waals surface area (Å²) in [7, 11) is 1.64. The lowest BCUT2D eigenvalue weighted by atomic mass is 9.94. The van der Waals surface area contributed by atoms with Crippen molar-refractivity contribution in [2.24, 2.45) is 11.8 Å². The largest absolute Gasteiger partial charge is 0.366 e. The zero-order chi connectivity index (χ0) is 12.1. The molecule has 0 spiro atoms. The molecule has 86 valence electrons. The van der Waals surface area contributed by atoms with E-state index in [1.165, 1.54) is 0 Å². The van der Waals surface area contributed by atoms with Crippen LogP contribution in [0.4, 0.5) is 0 Å². The van der Waals surface area contributed by atoms with Crippen molar-refractivity contribution < 1.29 is 9.53 Å². The Bertz CT molecular complexity index is 268. The highest BCUT2D eigenvalue weighted by molar-refractivity contribution is 5.96. The minimum absolute atomic E-state index is 0.0259. The minimum Gasteiger partial charge on any atom is -0.366 e. The van der Waals surface area contributed by atoms with Gasteiger partial charge in [0.1, 0.15) is 5.60 Å². The molecule has 0 heterocycles. The van der Waals surface area contributed by atoms with Gasteiger partial charge in [-0.25, -0.2) is 0 Å². The number of ketones is 1. The molecule has 15 heavy (non-hydrogen) atoms. The van der Waals surface area contributed by atoms with Crippen LogP contribution in [0.2, 0.25) is 0 Å². The van der Waals surface area contributed by atoms with Crippen LogP contribution in [0.1, 0.15) is 41.0 Å². The van der Waals surface area contributed by atoms with Gasteiger partial charge in [0.05, 0.1) is 0 Å². The molecule has 0 aliphatic rings. The number of carbonyl (C=O) groups excluding carboxylic acids is 1. The highest BCUT2D eigenvalue weighted by Crippen LogP contribution is 2.19. The summed E-state index contributed by atoms with van der Waals surface area (Å²) in [5, 5.41) is 0. The fourth-order valence-electron chi connectivity index (χ4n) is 1.30. The number of rotatable bonds is 4. The summed E-state index contributed by atoms with van der Waals surface area (Å²) in [6, 6.07) is 0. The van der Waals surface area contributed by atoms with E-state index in [0.29, 0.717) is 5.92 Å². The predicted octanol–water partition coefficient (Wildman–Crippen LogP) is 2.67. The average Bonchev–Trinajstić information content (AvgIpc) is 2.13. The summed E-state index contributed by atoms with van der Waals surface area (Å²) >= 11 is 0. The standard InChI is InChI=1S/C13H22O2/c1-10(2)9-13(5,15-6)8-7-12(14)11(3)4/h10-11H,9H2,1-6H3. The van der Waals surface area contributed by atoms with Crippen molar-refractivity contribution in [1.82, 2.24) is 0 Å². The molecule has 2 heteroatoms. The Kier molecular flexibility index (Phi) is 5.60. The van der Waals surface area contributed by atoms with Gasteiger partial charge in [-0.15, -0.1) is 0 Å². The molecule has 0 saturated carbocycles. The number of methoxy groups -OCH3 is 1. The van der Waals surface area contributed by atoms with Crippen LogP contribution < -0.4 is 0 Å². The molecule has 0 bridgehead atoms. The van der Waals surface area contributed by atoms with Crippen molar-refractivity contribution >= 4 is 5.78 Å². The van der Waals surface area contributed by atoms with Crippen molar-refractivity contribution in [1.29, 1.82) is 0 Å². The van der Waals surface area contributed by atoms with Crippen LogP contribution >= 0.6 is 0 Å². The van der Waals surface area contributed by atoms with Crippen LogP contribution in [0.5, 0.6) is 0 Å². The topological polar surface area (TPSA) is 26.3 Å². The second-order valence-electron chi connectivity index (χ2n) is 4.80. The van der Waals surface area contributed by atoms with E-state index in [9.17, 15) is 4.79 Å². The fraction of sp³-hybridized carbons (Fsp3) is 0.769. The van der Waals surface area contributed by atoms with Gasteiger partial charge in [0.25, 0.3) is 0 Å². The van der Waals surface area contributed by atoms with E-state index in [0.717, 1.165) is 6.42 Å². The Labute approximate surface area is 93.4 Å². The summed E-state index contributed by atoms with van der Waals surface area (Å²) in [6.07, 6.45) is 0.835. The number of ether oxygens (including phenoxy) is 1. The number of carbonyl (C=O) groups is 1. The van der Waals surface area contributed by atoms with Crippen molar-refractivity contribution in [3.05, 3.63) is 0 Å². The SMILES string of the molecule is COC(C)(C#CC(=O)C(C)C)CC(C)C. The predicted molar refractivity (Wildman–Crippen MR) is 62.5 cm³/mol. The van der Waals surface area contributed by atoms with Gasteiger partial charge in [0.2, 0.25) is 5.78 Å². The molecule has 0 fully saturated rings. The molecule has 0 N–H and O–H groups in total. The quantitative estimate of drug-likeness (QED) is 0.527. The molecular weight excluding hydrogens is 188 g/mol. The maximum atomic E-state index is 11.4. The van der Waals surface area contributed by atoms with Crippen LogP contribution in [0.15, 0.2) is 0 Å². The third-order valence-electron chi connectivity index (χ3n) is 2.22. The maximum Gasteiger partial charge on any atom is 0.208 e. The Balaban J connectivity index is 4.62. The Morgan fingerprint density at radius 2 is 1.87 bits per heavy atom. The molecule has 0 aromatic heterocycles. The Morgan fingerprint density at radius 1 is 1.33 bits per heavy atom. The van der Waals surface area contributed by atoms with Crippen LogP contribution in [0, 0.1) is 23.7 Å². The van der Waals surface area contributed by atoms with Crippen LogP contribution in [0.3, 0.4) is 0 Å². The van der Waals surface area contributed by atoms with E-state index in [2.05, 4.69) is 25.7 Å². The Morgan fingerprint density at radius 3 is 2.20 bits per heavy atom.